The van der Waals surface area contributed by atoms with E-state index in [-0.39, 0.29) is 11.7 Å². The summed E-state index contributed by atoms with van der Waals surface area (Å²) in [5.74, 6) is 0.930. The van der Waals surface area contributed by atoms with E-state index in [0.717, 1.165) is 18.7 Å². The first-order chi connectivity index (χ1) is 8.26. The van der Waals surface area contributed by atoms with Gasteiger partial charge in [-0.2, -0.15) is 0 Å². The summed E-state index contributed by atoms with van der Waals surface area (Å²) in [5, 5.41) is 7.55. The molecular weight excluding hydrogens is 238 g/mol. The third-order valence-electron chi connectivity index (χ3n) is 2.15. The van der Waals surface area contributed by atoms with Gasteiger partial charge in [0.1, 0.15) is 5.82 Å². The molecule has 0 saturated heterocycles. The fourth-order valence-electron chi connectivity index (χ4n) is 1.32. The van der Waals surface area contributed by atoms with Gasteiger partial charge < -0.3 is 4.74 Å². The molecular formula is C11H19N3O2S. The Hall–Kier alpha value is -1.04. The van der Waals surface area contributed by atoms with E-state index in [1.807, 2.05) is 0 Å². The second kappa shape index (κ2) is 8.11. The van der Waals surface area contributed by atoms with Gasteiger partial charge in [-0.25, -0.2) is 4.98 Å². The zero-order chi connectivity index (χ0) is 12.5. The Kier molecular flexibility index (Phi) is 6.69. The molecule has 1 rings (SSSR count). The molecule has 1 aromatic heterocycles. The van der Waals surface area contributed by atoms with Crippen LogP contribution < -0.4 is 0 Å². The first kappa shape index (κ1) is 14.0. The monoisotopic (exact) mass is 257 g/mol. The largest absolute Gasteiger partial charge is 0.465 e. The van der Waals surface area contributed by atoms with Crippen LogP contribution in [0.5, 0.6) is 0 Å². The van der Waals surface area contributed by atoms with Crippen LogP contribution in [0.25, 0.3) is 0 Å². The van der Waals surface area contributed by atoms with Gasteiger partial charge >= 0.3 is 5.97 Å². The van der Waals surface area contributed by atoms with Gasteiger partial charge in [0.2, 0.25) is 5.16 Å². The van der Waals surface area contributed by atoms with Gasteiger partial charge in [0, 0.05) is 6.42 Å². The molecule has 0 fully saturated rings. The molecule has 0 bridgehead atoms. The average Bonchev–Trinajstić information content (AvgIpc) is 2.75. The standard InChI is InChI=1S/C11H19N3O2S/c1-3-5-6-7-9-12-11(14-13-9)17-8-10(15)16-4-2/h3-8H2,1-2H3,(H,12,13,14). The van der Waals surface area contributed by atoms with Gasteiger partial charge in [0.05, 0.1) is 12.4 Å². The third-order valence-corrected chi connectivity index (χ3v) is 2.97. The van der Waals surface area contributed by atoms with E-state index in [4.69, 9.17) is 4.74 Å². The minimum Gasteiger partial charge on any atom is -0.465 e. The summed E-state index contributed by atoms with van der Waals surface area (Å²) < 4.78 is 4.82. The highest BCUT2D eigenvalue weighted by Crippen LogP contribution is 2.13. The lowest BCUT2D eigenvalue weighted by Gasteiger charge is -1.98. The fourth-order valence-corrected chi connectivity index (χ4v) is 1.94. The summed E-state index contributed by atoms with van der Waals surface area (Å²) >= 11 is 1.30. The van der Waals surface area contributed by atoms with Crippen molar-refractivity contribution in [1.29, 1.82) is 0 Å². The van der Waals surface area contributed by atoms with E-state index in [2.05, 4.69) is 22.1 Å². The van der Waals surface area contributed by atoms with Crippen LogP contribution in [0, 0.1) is 0 Å². The number of nitrogens with one attached hydrogen (secondary N) is 1. The van der Waals surface area contributed by atoms with Gasteiger partial charge in [0.25, 0.3) is 0 Å². The molecule has 17 heavy (non-hydrogen) atoms. The van der Waals surface area contributed by atoms with Crippen molar-refractivity contribution in [3.05, 3.63) is 5.82 Å². The molecule has 0 saturated carbocycles. The van der Waals surface area contributed by atoms with E-state index in [1.165, 1.54) is 24.6 Å². The van der Waals surface area contributed by atoms with Crippen LogP contribution in [0.4, 0.5) is 0 Å². The Bertz CT molecular complexity index is 341. The molecule has 0 spiro atoms. The van der Waals surface area contributed by atoms with Crippen LogP contribution in [0.1, 0.15) is 38.9 Å². The van der Waals surface area contributed by atoms with E-state index in [0.29, 0.717) is 11.8 Å². The van der Waals surface area contributed by atoms with Crippen molar-refractivity contribution in [3.8, 4) is 0 Å². The molecule has 0 unspecified atom stereocenters. The molecule has 1 aromatic rings. The van der Waals surface area contributed by atoms with Crippen LogP contribution in [0.2, 0.25) is 0 Å². The predicted molar refractivity (Wildman–Crippen MR) is 67.0 cm³/mol. The maximum absolute atomic E-state index is 11.1. The summed E-state index contributed by atoms with van der Waals surface area (Å²) in [6, 6.07) is 0. The van der Waals surface area contributed by atoms with E-state index in [9.17, 15) is 4.79 Å². The molecule has 0 aliphatic carbocycles. The fraction of sp³-hybridized carbons (Fsp3) is 0.727. The van der Waals surface area contributed by atoms with Crippen LogP contribution >= 0.6 is 11.8 Å². The number of rotatable bonds is 8. The van der Waals surface area contributed by atoms with Crippen LogP contribution in [-0.2, 0) is 16.0 Å². The van der Waals surface area contributed by atoms with Crippen molar-refractivity contribution in [2.75, 3.05) is 12.4 Å². The molecule has 1 N–H and O–H groups in total. The highest BCUT2D eigenvalue weighted by molar-refractivity contribution is 7.99. The maximum atomic E-state index is 11.1. The first-order valence-electron chi connectivity index (χ1n) is 5.96. The highest BCUT2D eigenvalue weighted by atomic mass is 32.2. The average molecular weight is 257 g/mol. The number of nitrogens with zero attached hydrogens (tertiary/aromatic N) is 2. The van der Waals surface area contributed by atoms with E-state index in [1.54, 1.807) is 6.92 Å². The van der Waals surface area contributed by atoms with Crippen LogP contribution in [0.3, 0.4) is 0 Å². The summed E-state index contributed by atoms with van der Waals surface area (Å²) in [7, 11) is 0. The number of hydrogen-bond acceptors (Lipinski definition) is 5. The van der Waals surface area contributed by atoms with Gasteiger partial charge in [-0.05, 0) is 13.3 Å². The van der Waals surface area contributed by atoms with Crippen molar-refractivity contribution >= 4 is 17.7 Å². The minimum atomic E-state index is -0.227. The molecule has 0 atom stereocenters. The van der Waals surface area contributed by atoms with E-state index < -0.39 is 0 Å². The Morgan fingerprint density at radius 1 is 1.41 bits per heavy atom. The molecule has 0 aromatic carbocycles. The Labute approximate surface area is 106 Å². The molecule has 0 radical (unpaired) electrons. The van der Waals surface area contributed by atoms with Gasteiger partial charge in [-0.15, -0.1) is 5.10 Å². The number of aromatic nitrogens is 3. The van der Waals surface area contributed by atoms with E-state index >= 15 is 0 Å². The molecule has 0 amide bonds. The number of unbranched alkanes of at least 4 members (excludes halogenated alkanes) is 2. The second-order valence-corrected chi connectivity index (χ2v) is 4.56. The van der Waals surface area contributed by atoms with Crippen LogP contribution in [0.15, 0.2) is 5.16 Å². The van der Waals surface area contributed by atoms with Gasteiger partial charge in [0.15, 0.2) is 0 Å². The Morgan fingerprint density at radius 2 is 2.24 bits per heavy atom. The lowest BCUT2D eigenvalue weighted by atomic mass is 10.2. The smallest absolute Gasteiger partial charge is 0.316 e. The SMILES string of the molecule is CCCCCc1nc(SCC(=O)OCC)n[nH]1. The molecule has 5 nitrogen and oxygen atoms in total. The van der Waals surface area contributed by atoms with Gasteiger partial charge in [-0.1, -0.05) is 31.5 Å². The Morgan fingerprint density at radius 3 is 2.94 bits per heavy atom. The number of H-pyrrole nitrogens is 1. The number of aromatic amines is 1. The number of ether oxygens (including phenoxy) is 1. The number of aryl methyl sites for hydroxylation is 1. The Balaban J connectivity index is 2.27. The number of esters is 1. The normalized spacial score (nSPS) is 10.5. The number of carbonyl (C=O) groups excluding carboxylic acids is 1. The predicted octanol–water partition coefficient (Wildman–Crippen LogP) is 2.19. The van der Waals surface area contributed by atoms with Crippen molar-refractivity contribution in [2.24, 2.45) is 0 Å². The minimum absolute atomic E-state index is 0.227. The first-order valence-corrected chi connectivity index (χ1v) is 6.94. The molecule has 6 heteroatoms. The lowest BCUT2D eigenvalue weighted by molar-refractivity contribution is -0.139. The zero-order valence-corrected chi connectivity index (χ0v) is 11.2. The number of hydrogen-bond donors (Lipinski definition) is 1. The lowest BCUT2D eigenvalue weighted by Crippen LogP contribution is -2.06. The van der Waals surface area contributed by atoms with Crippen molar-refractivity contribution < 1.29 is 9.53 Å². The maximum Gasteiger partial charge on any atom is 0.316 e. The summed E-state index contributed by atoms with van der Waals surface area (Å²) in [4.78, 5) is 15.4. The summed E-state index contributed by atoms with van der Waals surface area (Å²) in [6.45, 7) is 4.37. The molecule has 96 valence electrons. The summed E-state index contributed by atoms with van der Waals surface area (Å²) in [6.07, 6.45) is 4.43. The van der Waals surface area contributed by atoms with Crippen molar-refractivity contribution in [1.82, 2.24) is 15.2 Å². The van der Waals surface area contributed by atoms with Crippen molar-refractivity contribution in [2.45, 2.75) is 44.7 Å². The highest BCUT2D eigenvalue weighted by Gasteiger charge is 2.07. The molecule has 0 aliphatic rings. The topological polar surface area (TPSA) is 67.9 Å². The zero-order valence-electron chi connectivity index (χ0n) is 10.4. The second-order valence-electron chi connectivity index (χ2n) is 3.62. The number of carbonyl (C=O) groups is 1. The quantitative estimate of drug-likeness (QED) is 0.439. The molecule has 0 aliphatic heterocycles. The van der Waals surface area contributed by atoms with Gasteiger partial charge in [-0.3, -0.25) is 9.89 Å². The summed E-state index contributed by atoms with van der Waals surface area (Å²) in [5.41, 5.74) is 0. The third kappa shape index (κ3) is 5.72. The molecule has 1 heterocycles. The van der Waals surface area contributed by atoms with Crippen LogP contribution in [-0.4, -0.2) is 33.5 Å². The number of thioether (sulfide) groups is 1. The van der Waals surface area contributed by atoms with Crippen molar-refractivity contribution in [3.63, 3.8) is 0 Å².